The molecule has 0 aliphatic rings. The molecular formula is C48H92N4O4. The SMILES string of the molecule is CCCCCCCCCOC(=O)CCCCCCCN(CCCCCCCC(=O)OC(CCCCCCCC)CCCCCCCC)CCCn1cc(C)nn1. The highest BCUT2D eigenvalue weighted by Crippen LogP contribution is 2.19. The fraction of sp³-hybridized carbons (Fsp3) is 0.917. The van der Waals surface area contributed by atoms with Crippen LogP contribution in [0.5, 0.6) is 0 Å². The predicted octanol–water partition coefficient (Wildman–Crippen LogP) is 13.7. The van der Waals surface area contributed by atoms with Crippen LogP contribution in [0.3, 0.4) is 0 Å². The number of carbonyl (C=O) groups is 2. The summed E-state index contributed by atoms with van der Waals surface area (Å²) in [5, 5.41) is 8.37. The Balaban J connectivity index is 2.28. The van der Waals surface area contributed by atoms with Crippen molar-refractivity contribution >= 4 is 11.9 Å². The molecule has 0 N–H and O–H groups in total. The molecule has 0 saturated heterocycles. The quantitative estimate of drug-likeness (QED) is 0.0481. The van der Waals surface area contributed by atoms with Crippen LogP contribution < -0.4 is 0 Å². The maximum absolute atomic E-state index is 12.8. The average Bonchev–Trinajstić information content (AvgIpc) is 3.61. The maximum Gasteiger partial charge on any atom is 0.306 e. The minimum atomic E-state index is -0.0177. The van der Waals surface area contributed by atoms with Crippen LogP contribution in [0.4, 0.5) is 0 Å². The van der Waals surface area contributed by atoms with E-state index in [2.05, 4.69) is 36.0 Å². The van der Waals surface area contributed by atoms with Crippen molar-refractivity contribution < 1.29 is 19.1 Å². The van der Waals surface area contributed by atoms with Crippen molar-refractivity contribution in [1.29, 1.82) is 0 Å². The summed E-state index contributed by atoms with van der Waals surface area (Å²) in [5.41, 5.74) is 0.970. The van der Waals surface area contributed by atoms with E-state index >= 15 is 0 Å². The van der Waals surface area contributed by atoms with Crippen LogP contribution in [0.15, 0.2) is 6.20 Å². The molecule has 0 unspecified atom stereocenters. The van der Waals surface area contributed by atoms with Gasteiger partial charge in [-0.1, -0.05) is 167 Å². The number of hydrogen-bond donors (Lipinski definition) is 0. The van der Waals surface area contributed by atoms with E-state index in [-0.39, 0.29) is 18.0 Å². The second-order valence-corrected chi connectivity index (χ2v) is 16.9. The summed E-state index contributed by atoms with van der Waals surface area (Å²) in [6.45, 7) is 13.6. The Morgan fingerprint density at radius 1 is 0.554 bits per heavy atom. The zero-order chi connectivity index (χ0) is 40.6. The first kappa shape index (κ1) is 52.1. The number of aromatic nitrogens is 3. The van der Waals surface area contributed by atoms with Crippen LogP contribution in [0.1, 0.15) is 245 Å². The molecule has 0 aliphatic carbocycles. The molecule has 1 aromatic rings. The lowest BCUT2D eigenvalue weighted by atomic mass is 10.0. The number of ether oxygens (including phenoxy) is 2. The largest absolute Gasteiger partial charge is 0.466 e. The molecule has 1 rings (SSSR count). The summed E-state index contributed by atoms with van der Waals surface area (Å²) in [6, 6.07) is 0. The van der Waals surface area contributed by atoms with Gasteiger partial charge in [-0.25, -0.2) is 0 Å². The van der Waals surface area contributed by atoms with Gasteiger partial charge in [0.25, 0.3) is 0 Å². The Hall–Kier alpha value is -1.96. The first-order valence-electron chi connectivity index (χ1n) is 24.4. The molecule has 8 nitrogen and oxygen atoms in total. The fourth-order valence-electron chi connectivity index (χ4n) is 7.70. The molecule has 56 heavy (non-hydrogen) atoms. The van der Waals surface area contributed by atoms with Crippen molar-refractivity contribution in [2.75, 3.05) is 26.2 Å². The van der Waals surface area contributed by atoms with E-state index in [4.69, 9.17) is 9.47 Å². The van der Waals surface area contributed by atoms with Gasteiger partial charge in [-0.15, -0.1) is 5.10 Å². The molecule has 0 spiro atoms. The molecule has 0 aliphatic heterocycles. The third-order valence-corrected chi connectivity index (χ3v) is 11.3. The smallest absolute Gasteiger partial charge is 0.306 e. The van der Waals surface area contributed by atoms with E-state index in [9.17, 15) is 9.59 Å². The van der Waals surface area contributed by atoms with Gasteiger partial charge < -0.3 is 14.4 Å². The monoisotopic (exact) mass is 789 g/mol. The second-order valence-electron chi connectivity index (χ2n) is 16.9. The van der Waals surface area contributed by atoms with E-state index in [1.54, 1.807) is 0 Å². The van der Waals surface area contributed by atoms with Crippen LogP contribution in [-0.4, -0.2) is 64.2 Å². The number of hydrogen-bond acceptors (Lipinski definition) is 7. The molecule has 1 heterocycles. The van der Waals surface area contributed by atoms with Crippen molar-refractivity contribution in [2.45, 2.75) is 259 Å². The summed E-state index contributed by atoms with van der Waals surface area (Å²) >= 11 is 0. The number of nitrogens with zero attached hydrogens (tertiary/aromatic N) is 4. The van der Waals surface area contributed by atoms with Crippen LogP contribution in [-0.2, 0) is 25.6 Å². The van der Waals surface area contributed by atoms with E-state index in [1.807, 2.05) is 17.8 Å². The Kier molecular flexibility index (Phi) is 37.0. The lowest BCUT2D eigenvalue weighted by molar-refractivity contribution is -0.150. The first-order chi connectivity index (χ1) is 27.5. The van der Waals surface area contributed by atoms with E-state index in [1.165, 1.54) is 154 Å². The number of aryl methyl sites for hydroxylation is 2. The summed E-state index contributed by atoms with van der Waals surface area (Å²) in [7, 11) is 0. The molecule has 0 aromatic carbocycles. The fourth-order valence-corrected chi connectivity index (χ4v) is 7.70. The molecule has 1 aromatic heterocycles. The Labute approximate surface area is 346 Å². The van der Waals surface area contributed by atoms with Gasteiger partial charge in [-0.05, 0) is 90.8 Å². The minimum absolute atomic E-state index is 0.0177. The Morgan fingerprint density at radius 2 is 0.982 bits per heavy atom. The van der Waals surface area contributed by atoms with E-state index in [0.29, 0.717) is 19.4 Å². The summed E-state index contributed by atoms with van der Waals surface area (Å²) in [6.07, 6.45) is 41.8. The second kappa shape index (κ2) is 39.8. The third-order valence-electron chi connectivity index (χ3n) is 11.3. The van der Waals surface area contributed by atoms with Gasteiger partial charge in [0.1, 0.15) is 6.10 Å². The molecule has 0 bridgehead atoms. The predicted molar refractivity (Wildman–Crippen MR) is 236 cm³/mol. The Bertz CT molecular complexity index is 986. The standard InChI is InChI=1S/C48H92N4O4/c1-5-8-11-14-17-26-33-43-55-47(53)37-29-22-18-24-31-39-51(41-34-42-52-44-45(4)49-50-52)40-32-25-19-23-30-38-48(54)56-46(35-27-20-15-12-9-6-2)36-28-21-16-13-10-7-3/h44,46H,5-43H2,1-4H3. The van der Waals surface area contributed by atoms with Gasteiger partial charge in [0, 0.05) is 25.6 Å². The number of carbonyl (C=O) groups excluding carboxylic acids is 2. The number of esters is 2. The third kappa shape index (κ3) is 34.1. The topological polar surface area (TPSA) is 86.5 Å². The van der Waals surface area contributed by atoms with Crippen molar-refractivity contribution in [3.63, 3.8) is 0 Å². The molecule has 0 atom stereocenters. The van der Waals surface area contributed by atoms with Crippen molar-refractivity contribution in [2.24, 2.45) is 0 Å². The van der Waals surface area contributed by atoms with Crippen LogP contribution in [0, 0.1) is 6.92 Å². The van der Waals surface area contributed by atoms with Gasteiger partial charge in [-0.2, -0.15) is 0 Å². The zero-order valence-electron chi connectivity index (χ0n) is 37.7. The normalized spacial score (nSPS) is 11.6. The Morgan fingerprint density at radius 3 is 1.48 bits per heavy atom. The zero-order valence-corrected chi connectivity index (χ0v) is 37.7. The summed E-state index contributed by atoms with van der Waals surface area (Å²) in [4.78, 5) is 27.6. The van der Waals surface area contributed by atoms with Gasteiger partial charge >= 0.3 is 11.9 Å². The van der Waals surface area contributed by atoms with Gasteiger partial charge in [0.2, 0.25) is 0 Å². The molecule has 0 saturated carbocycles. The van der Waals surface area contributed by atoms with Crippen LogP contribution >= 0.6 is 0 Å². The number of rotatable bonds is 43. The minimum Gasteiger partial charge on any atom is -0.466 e. The molecule has 0 fully saturated rings. The molecule has 0 radical (unpaired) electrons. The first-order valence-corrected chi connectivity index (χ1v) is 24.4. The molecular weight excluding hydrogens is 697 g/mol. The summed E-state index contributed by atoms with van der Waals surface area (Å²) < 4.78 is 13.5. The van der Waals surface area contributed by atoms with Crippen molar-refractivity contribution in [3.8, 4) is 0 Å². The summed E-state index contributed by atoms with van der Waals surface area (Å²) in [5.74, 6) is 0.00960. The van der Waals surface area contributed by atoms with E-state index < -0.39 is 0 Å². The van der Waals surface area contributed by atoms with Crippen molar-refractivity contribution in [1.82, 2.24) is 19.9 Å². The molecule has 0 amide bonds. The van der Waals surface area contributed by atoms with Gasteiger partial charge in [-0.3, -0.25) is 14.3 Å². The maximum atomic E-state index is 12.8. The lowest BCUT2D eigenvalue weighted by Crippen LogP contribution is -2.28. The number of unbranched alkanes of at least 4 members (excludes halogenated alkanes) is 24. The highest BCUT2D eigenvalue weighted by atomic mass is 16.5. The highest BCUT2D eigenvalue weighted by molar-refractivity contribution is 5.69. The highest BCUT2D eigenvalue weighted by Gasteiger charge is 2.14. The lowest BCUT2D eigenvalue weighted by Gasteiger charge is -2.22. The van der Waals surface area contributed by atoms with Crippen LogP contribution in [0.25, 0.3) is 0 Å². The molecule has 328 valence electrons. The average molecular weight is 789 g/mol. The van der Waals surface area contributed by atoms with Crippen molar-refractivity contribution in [3.05, 3.63) is 11.9 Å². The van der Waals surface area contributed by atoms with Crippen LogP contribution in [0.2, 0.25) is 0 Å². The van der Waals surface area contributed by atoms with Gasteiger partial charge in [0.15, 0.2) is 0 Å². The molecule has 8 heteroatoms. The van der Waals surface area contributed by atoms with Gasteiger partial charge in [0.05, 0.1) is 12.3 Å². The van der Waals surface area contributed by atoms with E-state index in [0.717, 1.165) is 83.2 Å².